The number of carbonyl (C=O) groups excluding carboxylic acids is 3. The Labute approximate surface area is 181 Å². The molecule has 8 heteroatoms. The Morgan fingerprint density at radius 2 is 1.77 bits per heavy atom. The minimum atomic E-state index is -0.863. The Morgan fingerprint density at radius 3 is 2.35 bits per heavy atom. The third kappa shape index (κ3) is 4.15. The third-order valence-electron chi connectivity index (χ3n) is 5.77. The Hall–Kier alpha value is -3.29. The van der Waals surface area contributed by atoms with E-state index in [4.69, 9.17) is 14.2 Å². The maximum atomic E-state index is 12.7. The van der Waals surface area contributed by atoms with Crippen LogP contribution in [0.4, 0.5) is 0 Å². The van der Waals surface area contributed by atoms with Crippen molar-refractivity contribution in [3.05, 3.63) is 34.9 Å². The SMILES string of the molecule is CNC(=O)C1CC2=C(C=CC1=O)c1c(cc(OC)c(OC)c1OC)CC[C@@H]2NC(C)=O. The van der Waals surface area contributed by atoms with Crippen LogP contribution in [0.25, 0.3) is 5.57 Å². The Balaban J connectivity index is 2.31. The fourth-order valence-corrected chi connectivity index (χ4v) is 4.37. The lowest BCUT2D eigenvalue weighted by Gasteiger charge is -2.24. The van der Waals surface area contributed by atoms with Crippen LogP contribution in [0.15, 0.2) is 23.8 Å². The van der Waals surface area contributed by atoms with E-state index < -0.39 is 5.92 Å². The van der Waals surface area contributed by atoms with Gasteiger partial charge in [0.15, 0.2) is 17.3 Å². The first-order chi connectivity index (χ1) is 14.9. The molecule has 0 aromatic heterocycles. The number of methoxy groups -OCH3 is 3. The Kier molecular flexibility index (Phi) is 6.68. The molecule has 0 heterocycles. The highest BCUT2D eigenvalue weighted by Crippen LogP contribution is 2.48. The lowest BCUT2D eigenvalue weighted by atomic mass is 9.88. The maximum absolute atomic E-state index is 12.7. The Morgan fingerprint density at radius 1 is 1.06 bits per heavy atom. The topological polar surface area (TPSA) is 103 Å². The normalized spacial score (nSPS) is 20.1. The van der Waals surface area contributed by atoms with Gasteiger partial charge < -0.3 is 24.8 Å². The molecule has 31 heavy (non-hydrogen) atoms. The summed E-state index contributed by atoms with van der Waals surface area (Å²) in [5.74, 6) is -0.207. The summed E-state index contributed by atoms with van der Waals surface area (Å²) in [7, 11) is 6.15. The van der Waals surface area contributed by atoms with Crippen LogP contribution in [0.1, 0.15) is 30.9 Å². The van der Waals surface area contributed by atoms with E-state index in [9.17, 15) is 14.4 Å². The van der Waals surface area contributed by atoms with Crippen LogP contribution in [0.2, 0.25) is 0 Å². The summed E-state index contributed by atoms with van der Waals surface area (Å²) >= 11 is 0. The quantitative estimate of drug-likeness (QED) is 0.694. The molecule has 2 atom stereocenters. The Bertz CT molecular complexity index is 979. The molecule has 0 bridgehead atoms. The first kappa shape index (κ1) is 22.4. The lowest BCUT2D eigenvalue weighted by molar-refractivity contribution is -0.131. The average molecular weight is 428 g/mol. The molecule has 1 unspecified atom stereocenters. The van der Waals surface area contributed by atoms with Gasteiger partial charge in [-0.1, -0.05) is 6.08 Å². The molecular formula is C23H28N2O6. The van der Waals surface area contributed by atoms with E-state index in [0.29, 0.717) is 30.1 Å². The number of nitrogens with one attached hydrogen (secondary N) is 2. The van der Waals surface area contributed by atoms with Gasteiger partial charge in [0.2, 0.25) is 17.6 Å². The minimum absolute atomic E-state index is 0.180. The third-order valence-corrected chi connectivity index (χ3v) is 5.77. The molecule has 0 spiro atoms. The van der Waals surface area contributed by atoms with Crippen LogP contribution >= 0.6 is 0 Å². The molecule has 2 aliphatic carbocycles. The standard InChI is InChI=1S/C23H28N2O6/c1-12(26)25-17-8-6-13-10-19(29-3)21(30-4)22(31-5)20(13)14-7-9-18(27)16(11-15(14)17)23(28)24-2/h7,9-10,16-17H,6,8,11H2,1-5H3,(H,24,28)(H,25,26)/t16?,17-/m0/s1. The van der Waals surface area contributed by atoms with Crippen LogP contribution in [0, 0.1) is 5.92 Å². The zero-order valence-corrected chi connectivity index (χ0v) is 18.5. The molecular weight excluding hydrogens is 400 g/mol. The number of benzene rings is 1. The van der Waals surface area contributed by atoms with Crippen LogP contribution in [-0.2, 0) is 20.8 Å². The summed E-state index contributed by atoms with van der Waals surface area (Å²) < 4.78 is 16.8. The van der Waals surface area contributed by atoms with Crippen LogP contribution in [-0.4, -0.2) is 52.0 Å². The molecule has 2 amide bonds. The first-order valence-corrected chi connectivity index (χ1v) is 10.1. The molecule has 1 aromatic carbocycles. The van der Waals surface area contributed by atoms with Gasteiger partial charge in [-0.3, -0.25) is 14.4 Å². The van der Waals surface area contributed by atoms with E-state index in [1.165, 1.54) is 27.2 Å². The van der Waals surface area contributed by atoms with Crippen LogP contribution in [0.5, 0.6) is 17.2 Å². The summed E-state index contributed by atoms with van der Waals surface area (Å²) in [5.41, 5.74) is 3.30. The van der Waals surface area contributed by atoms with E-state index in [2.05, 4.69) is 10.6 Å². The highest BCUT2D eigenvalue weighted by atomic mass is 16.5. The summed E-state index contributed by atoms with van der Waals surface area (Å²) in [4.78, 5) is 37.1. The molecule has 2 N–H and O–H groups in total. The van der Waals surface area contributed by atoms with Gasteiger partial charge >= 0.3 is 0 Å². The van der Waals surface area contributed by atoms with Gasteiger partial charge in [0.1, 0.15) is 5.92 Å². The number of carbonyl (C=O) groups is 3. The number of fused-ring (bicyclic) bond motifs is 2. The number of ether oxygens (including phenoxy) is 3. The van der Waals surface area contributed by atoms with E-state index in [-0.39, 0.29) is 30.1 Å². The van der Waals surface area contributed by atoms with Crippen molar-refractivity contribution in [1.82, 2.24) is 10.6 Å². The number of hydrogen-bond donors (Lipinski definition) is 2. The average Bonchev–Trinajstić information content (AvgIpc) is 3.01. The van der Waals surface area contributed by atoms with Gasteiger partial charge in [0, 0.05) is 19.5 Å². The minimum Gasteiger partial charge on any atom is -0.493 e. The molecule has 0 aliphatic heterocycles. The molecule has 0 saturated heterocycles. The smallest absolute Gasteiger partial charge is 0.231 e. The van der Waals surface area contributed by atoms with Crippen molar-refractivity contribution in [2.45, 2.75) is 32.2 Å². The second kappa shape index (κ2) is 9.24. The molecule has 8 nitrogen and oxygen atoms in total. The fraction of sp³-hybridized carbons (Fsp3) is 0.435. The van der Waals surface area contributed by atoms with Crippen molar-refractivity contribution in [3.8, 4) is 17.2 Å². The number of rotatable bonds is 5. The maximum Gasteiger partial charge on any atom is 0.231 e. The van der Waals surface area contributed by atoms with Crippen molar-refractivity contribution in [2.24, 2.45) is 5.92 Å². The fourth-order valence-electron chi connectivity index (χ4n) is 4.37. The highest BCUT2D eigenvalue weighted by Gasteiger charge is 2.35. The zero-order valence-electron chi connectivity index (χ0n) is 18.5. The molecule has 0 saturated carbocycles. The van der Waals surface area contributed by atoms with E-state index in [1.807, 2.05) is 6.07 Å². The van der Waals surface area contributed by atoms with Crippen molar-refractivity contribution in [2.75, 3.05) is 28.4 Å². The van der Waals surface area contributed by atoms with Gasteiger partial charge in [0.25, 0.3) is 0 Å². The van der Waals surface area contributed by atoms with E-state index >= 15 is 0 Å². The van der Waals surface area contributed by atoms with Crippen LogP contribution in [0.3, 0.4) is 0 Å². The summed E-state index contributed by atoms with van der Waals surface area (Å²) in [6.07, 6.45) is 4.58. The number of allylic oxidation sites excluding steroid dienone is 3. The highest BCUT2D eigenvalue weighted by molar-refractivity contribution is 6.09. The van der Waals surface area contributed by atoms with Gasteiger partial charge in [-0.05, 0) is 48.1 Å². The number of amides is 2. The lowest BCUT2D eigenvalue weighted by Crippen LogP contribution is -2.38. The summed E-state index contributed by atoms with van der Waals surface area (Å²) in [6.45, 7) is 1.46. The van der Waals surface area contributed by atoms with Crippen LogP contribution < -0.4 is 24.8 Å². The van der Waals surface area contributed by atoms with Gasteiger partial charge in [-0.25, -0.2) is 0 Å². The molecule has 3 rings (SSSR count). The zero-order chi connectivity index (χ0) is 22.7. The molecule has 1 aromatic rings. The van der Waals surface area contributed by atoms with Crippen molar-refractivity contribution < 1.29 is 28.6 Å². The summed E-state index contributed by atoms with van der Waals surface area (Å²) in [5, 5.41) is 5.56. The molecule has 0 fully saturated rings. The number of hydrogen-bond acceptors (Lipinski definition) is 6. The first-order valence-electron chi connectivity index (χ1n) is 10.1. The predicted molar refractivity (Wildman–Crippen MR) is 115 cm³/mol. The number of ketones is 1. The van der Waals surface area contributed by atoms with Crippen molar-refractivity contribution >= 4 is 23.2 Å². The van der Waals surface area contributed by atoms with E-state index in [1.54, 1.807) is 20.3 Å². The monoisotopic (exact) mass is 428 g/mol. The molecule has 2 aliphatic rings. The van der Waals surface area contributed by atoms with Gasteiger partial charge in [0.05, 0.1) is 27.4 Å². The van der Waals surface area contributed by atoms with Crippen molar-refractivity contribution in [1.29, 1.82) is 0 Å². The largest absolute Gasteiger partial charge is 0.493 e. The second-order valence-electron chi connectivity index (χ2n) is 7.52. The second-order valence-corrected chi connectivity index (χ2v) is 7.52. The number of aryl methyl sites for hydroxylation is 1. The van der Waals surface area contributed by atoms with Crippen molar-refractivity contribution in [3.63, 3.8) is 0 Å². The van der Waals surface area contributed by atoms with E-state index in [0.717, 1.165) is 22.3 Å². The van der Waals surface area contributed by atoms with Gasteiger partial charge in [-0.2, -0.15) is 0 Å². The molecule has 166 valence electrons. The van der Waals surface area contributed by atoms with Gasteiger partial charge in [-0.15, -0.1) is 0 Å². The molecule has 0 radical (unpaired) electrons. The predicted octanol–water partition coefficient (Wildman–Crippen LogP) is 1.81. The summed E-state index contributed by atoms with van der Waals surface area (Å²) in [6, 6.07) is 1.57.